The third kappa shape index (κ3) is 2.34. The van der Waals surface area contributed by atoms with E-state index in [0.717, 1.165) is 12.8 Å². The van der Waals surface area contributed by atoms with Crippen LogP contribution in [0.3, 0.4) is 0 Å². The fourth-order valence-electron chi connectivity index (χ4n) is 1.13. The van der Waals surface area contributed by atoms with Gasteiger partial charge in [0.15, 0.2) is 0 Å². The molecule has 1 rings (SSSR count). The highest BCUT2D eigenvalue weighted by molar-refractivity contribution is 5.67. The van der Waals surface area contributed by atoms with Crippen molar-refractivity contribution in [1.29, 1.82) is 0 Å². The van der Waals surface area contributed by atoms with Crippen molar-refractivity contribution in [3.05, 3.63) is 0 Å². The lowest BCUT2D eigenvalue weighted by Crippen LogP contribution is -2.33. The third-order valence-electron chi connectivity index (χ3n) is 1.78. The number of amides is 1. The second kappa shape index (κ2) is 4.25. The van der Waals surface area contributed by atoms with Crippen molar-refractivity contribution in [1.82, 2.24) is 4.90 Å². The number of alkyl halides is 1. The molecule has 0 aromatic carbocycles. The zero-order valence-corrected chi connectivity index (χ0v) is 6.83. The summed E-state index contributed by atoms with van der Waals surface area (Å²) in [5.74, 6) is 0. The van der Waals surface area contributed by atoms with E-state index in [2.05, 4.69) is 4.74 Å². The van der Waals surface area contributed by atoms with Gasteiger partial charge in [-0.15, -0.1) is 0 Å². The van der Waals surface area contributed by atoms with Gasteiger partial charge in [-0.3, -0.25) is 0 Å². The van der Waals surface area contributed by atoms with E-state index in [9.17, 15) is 9.18 Å². The molecule has 1 aliphatic heterocycles. The van der Waals surface area contributed by atoms with Crippen LogP contribution in [0.15, 0.2) is 0 Å². The number of nitrogens with two attached hydrogens (primary N) is 1. The molecule has 0 bridgehead atoms. The van der Waals surface area contributed by atoms with Crippen LogP contribution in [0.4, 0.5) is 9.18 Å². The summed E-state index contributed by atoms with van der Waals surface area (Å²) in [7, 11) is 0. The molecule has 12 heavy (non-hydrogen) atoms. The Morgan fingerprint density at radius 1 is 1.58 bits per heavy atom. The van der Waals surface area contributed by atoms with Crippen LogP contribution in [0.1, 0.15) is 12.8 Å². The minimum Gasteiger partial charge on any atom is -0.413 e. The molecule has 1 amide bonds. The van der Waals surface area contributed by atoms with Crippen molar-refractivity contribution in [2.45, 2.75) is 19.2 Å². The van der Waals surface area contributed by atoms with Gasteiger partial charge in [-0.1, -0.05) is 0 Å². The quantitative estimate of drug-likeness (QED) is 0.665. The third-order valence-corrected chi connectivity index (χ3v) is 1.78. The molecule has 70 valence electrons. The molecular formula is C7H13FN2O2. The van der Waals surface area contributed by atoms with Gasteiger partial charge in [0.1, 0.15) is 0 Å². The zero-order chi connectivity index (χ0) is 8.97. The summed E-state index contributed by atoms with van der Waals surface area (Å²) < 4.78 is 16.8. The number of halogens is 1. The molecule has 1 heterocycles. The van der Waals surface area contributed by atoms with E-state index in [0.29, 0.717) is 13.1 Å². The molecule has 1 aliphatic rings. The van der Waals surface area contributed by atoms with Gasteiger partial charge in [0.2, 0.25) is 0 Å². The van der Waals surface area contributed by atoms with Crippen molar-refractivity contribution in [2.24, 2.45) is 5.73 Å². The fraction of sp³-hybridized carbons (Fsp3) is 0.857. The Morgan fingerprint density at radius 2 is 2.17 bits per heavy atom. The van der Waals surface area contributed by atoms with Gasteiger partial charge in [-0.05, 0) is 12.8 Å². The Hall–Kier alpha value is -0.840. The number of ether oxygens (including phenoxy) is 1. The van der Waals surface area contributed by atoms with Gasteiger partial charge in [0.25, 0.3) is 6.36 Å². The highest BCUT2D eigenvalue weighted by Crippen LogP contribution is 2.09. The van der Waals surface area contributed by atoms with Crippen LogP contribution in [-0.4, -0.2) is 37.0 Å². The van der Waals surface area contributed by atoms with Crippen LogP contribution in [0.25, 0.3) is 0 Å². The molecule has 0 spiro atoms. The van der Waals surface area contributed by atoms with E-state index in [1.165, 1.54) is 4.90 Å². The standard InChI is InChI=1S/C7H13FN2O2/c8-6(5-9)12-7(11)10-3-1-2-4-10/h6H,1-5,9H2. The molecule has 0 radical (unpaired) electrons. The predicted molar refractivity (Wildman–Crippen MR) is 41.2 cm³/mol. The van der Waals surface area contributed by atoms with Crippen LogP contribution < -0.4 is 5.73 Å². The first-order valence-corrected chi connectivity index (χ1v) is 4.03. The molecule has 1 saturated heterocycles. The lowest BCUT2D eigenvalue weighted by molar-refractivity contribution is 0.00323. The maximum Gasteiger partial charge on any atom is 0.412 e. The van der Waals surface area contributed by atoms with Gasteiger partial charge >= 0.3 is 6.09 Å². The van der Waals surface area contributed by atoms with Gasteiger partial charge in [-0.2, -0.15) is 0 Å². The molecule has 0 aromatic heterocycles. The van der Waals surface area contributed by atoms with Crippen LogP contribution in [-0.2, 0) is 4.74 Å². The summed E-state index contributed by atoms with van der Waals surface area (Å²) in [5, 5.41) is 0. The van der Waals surface area contributed by atoms with Crippen LogP contribution in [0, 0.1) is 0 Å². The Balaban J connectivity index is 2.27. The van der Waals surface area contributed by atoms with Crippen molar-refractivity contribution in [2.75, 3.05) is 19.6 Å². The Labute approximate surface area is 70.5 Å². The largest absolute Gasteiger partial charge is 0.413 e. The average Bonchev–Trinajstić information content (AvgIpc) is 2.56. The molecule has 1 unspecified atom stereocenters. The first-order valence-electron chi connectivity index (χ1n) is 4.03. The van der Waals surface area contributed by atoms with Crippen molar-refractivity contribution in [3.63, 3.8) is 0 Å². The van der Waals surface area contributed by atoms with E-state index < -0.39 is 12.5 Å². The van der Waals surface area contributed by atoms with Gasteiger partial charge in [0, 0.05) is 13.1 Å². The number of carbonyl (C=O) groups excluding carboxylic acids is 1. The van der Waals surface area contributed by atoms with E-state index >= 15 is 0 Å². The molecule has 0 aromatic rings. The zero-order valence-electron chi connectivity index (χ0n) is 6.83. The average molecular weight is 176 g/mol. The summed E-state index contributed by atoms with van der Waals surface area (Å²) in [6.07, 6.45) is -0.327. The second-order valence-corrected chi connectivity index (χ2v) is 2.72. The molecular weight excluding hydrogens is 163 g/mol. The van der Waals surface area contributed by atoms with E-state index in [4.69, 9.17) is 5.73 Å². The number of nitrogens with zero attached hydrogens (tertiary/aromatic N) is 1. The molecule has 0 saturated carbocycles. The summed E-state index contributed by atoms with van der Waals surface area (Å²) in [6.45, 7) is 1.05. The first kappa shape index (κ1) is 9.25. The van der Waals surface area contributed by atoms with Gasteiger partial charge < -0.3 is 15.4 Å². The van der Waals surface area contributed by atoms with Crippen molar-refractivity contribution in [3.8, 4) is 0 Å². The lowest BCUT2D eigenvalue weighted by atomic mass is 10.4. The highest BCUT2D eigenvalue weighted by atomic mass is 19.1. The van der Waals surface area contributed by atoms with E-state index in [1.807, 2.05) is 0 Å². The summed E-state index contributed by atoms with van der Waals surface area (Å²) in [6, 6.07) is 0. The lowest BCUT2D eigenvalue weighted by Gasteiger charge is -2.16. The fourth-order valence-corrected chi connectivity index (χ4v) is 1.13. The maximum absolute atomic E-state index is 12.4. The first-order chi connectivity index (χ1) is 5.74. The molecule has 0 aliphatic carbocycles. The topological polar surface area (TPSA) is 55.6 Å². The van der Waals surface area contributed by atoms with Gasteiger partial charge in [-0.25, -0.2) is 9.18 Å². The molecule has 2 N–H and O–H groups in total. The number of rotatable bonds is 2. The monoisotopic (exact) mass is 176 g/mol. The number of hydrogen-bond acceptors (Lipinski definition) is 3. The Bertz CT molecular complexity index is 159. The number of likely N-dealkylation sites (tertiary alicyclic amines) is 1. The highest BCUT2D eigenvalue weighted by Gasteiger charge is 2.21. The van der Waals surface area contributed by atoms with Crippen molar-refractivity contribution < 1.29 is 13.9 Å². The second-order valence-electron chi connectivity index (χ2n) is 2.72. The van der Waals surface area contributed by atoms with Gasteiger partial charge in [0.05, 0.1) is 6.54 Å². The molecule has 1 atom stereocenters. The Morgan fingerprint density at radius 3 is 2.67 bits per heavy atom. The van der Waals surface area contributed by atoms with E-state index in [1.54, 1.807) is 0 Å². The minimum atomic E-state index is -1.67. The number of carbonyl (C=O) groups is 1. The normalized spacial score (nSPS) is 19.3. The summed E-state index contributed by atoms with van der Waals surface area (Å²) >= 11 is 0. The molecule has 4 nitrogen and oxygen atoms in total. The Kier molecular flexibility index (Phi) is 3.28. The van der Waals surface area contributed by atoms with Crippen molar-refractivity contribution >= 4 is 6.09 Å². The molecule has 1 fully saturated rings. The smallest absolute Gasteiger partial charge is 0.412 e. The van der Waals surface area contributed by atoms with E-state index in [-0.39, 0.29) is 6.54 Å². The minimum absolute atomic E-state index is 0.278. The number of hydrogen-bond donors (Lipinski definition) is 1. The SMILES string of the molecule is NCC(F)OC(=O)N1CCCC1. The summed E-state index contributed by atoms with van der Waals surface area (Å²) in [5.41, 5.74) is 4.95. The summed E-state index contributed by atoms with van der Waals surface area (Å²) in [4.78, 5) is 12.5. The van der Waals surface area contributed by atoms with Crippen LogP contribution in [0.5, 0.6) is 0 Å². The molecule has 5 heteroatoms. The van der Waals surface area contributed by atoms with Crippen LogP contribution in [0.2, 0.25) is 0 Å². The maximum atomic E-state index is 12.4. The predicted octanol–water partition coefficient (Wildman–Crippen LogP) is 0.473. The van der Waals surface area contributed by atoms with Crippen LogP contribution >= 0.6 is 0 Å².